The van der Waals surface area contributed by atoms with Crippen LogP contribution in [0, 0.1) is 0 Å². The first-order valence-corrected chi connectivity index (χ1v) is 6.43. The third-order valence-electron chi connectivity index (χ3n) is 2.88. The molecule has 0 radical (unpaired) electrons. The van der Waals surface area contributed by atoms with Crippen LogP contribution in [0.15, 0.2) is 35.4 Å². The smallest absolute Gasteiger partial charge is 0.182 e. The van der Waals surface area contributed by atoms with Gasteiger partial charge in [0.05, 0.1) is 5.71 Å². The van der Waals surface area contributed by atoms with Crippen LogP contribution < -0.4 is 0 Å². The third kappa shape index (κ3) is 2.92. The lowest BCUT2D eigenvalue weighted by Gasteiger charge is -2.09. The van der Waals surface area contributed by atoms with E-state index in [2.05, 4.69) is 15.3 Å². The molecule has 1 aromatic heterocycles. The zero-order valence-electron chi connectivity index (χ0n) is 11.7. The van der Waals surface area contributed by atoms with Gasteiger partial charge in [0.2, 0.25) is 0 Å². The fraction of sp³-hybridized carbons (Fsp3) is 0.357. The van der Waals surface area contributed by atoms with Gasteiger partial charge in [-0.1, -0.05) is 30.3 Å². The van der Waals surface area contributed by atoms with Gasteiger partial charge in [0.15, 0.2) is 11.6 Å². The Morgan fingerprint density at radius 1 is 1.05 bits per heavy atom. The van der Waals surface area contributed by atoms with Crippen molar-refractivity contribution in [3.05, 3.63) is 47.5 Å². The van der Waals surface area contributed by atoms with Gasteiger partial charge in [-0.15, -0.1) is 10.2 Å². The van der Waals surface area contributed by atoms with Crippen LogP contribution in [0.1, 0.15) is 50.2 Å². The molecule has 20 heavy (non-hydrogen) atoms. The topological polar surface area (TPSA) is 83.5 Å². The van der Waals surface area contributed by atoms with E-state index in [1.54, 1.807) is 13.8 Å². The van der Waals surface area contributed by atoms with Crippen LogP contribution in [0.5, 0.6) is 0 Å². The van der Waals surface area contributed by atoms with Gasteiger partial charge < -0.3 is 10.2 Å². The highest BCUT2D eigenvalue weighted by Crippen LogP contribution is 2.17. The number of rotatable bonds is 4. The summed E-state index contributed by atoms with van der Waals surface area (Å²) in [6.45, 7) is 5.02. The molecule has 2 N–H and O–H groups in total. The summed E-state index contributed by atoms with van der Waals surface area (Å²) < 4.78 is 1.40. The van der Waals surface area contributed by atoms with Crippen molar-refractivity contribution in [1.29, 1.82) is 0 Å². The van der Waals surface area contributed by atoms with Crippen LogP contribution in [0.2, 0.25) is 0 Å². The second kappa shape index (κ2) is 5.94. The second-order valence-corrected chi connectivity index (χ2v) is 4.63. The van der Waals surface area contributed by atoms with Crippen molar-refractivity contribution >= 4 is 5.71 Å². The maximum absolute atomic E-state index is 9.71. The predicted octanol–water partition coefficient (Wildman–Crippen LogP) is 1.66. The van der Waals surface area contributed by atoms with Gasteiger partial charge in [-0.3, -0.25) is 0 Å². The molecule has 0 saturated heterocycles. The molecule has 106 valence electrons. The van der Waals surface area contributed by atoms with Gasteiger partial charge in [0.1, 0.15) is 12.2 Å². The SMILES string of the molecule is C/C(=N\n1c([C@H](C)O)nnc1[C@@H](C)O)c1ccccc1. The summed E-state index contributed by atoms with van der Waals surface area (Å²) in [6, 6.07) is 9.65. The van der Waals surface area contributed by atoms with E-state index in [0.29, 0.717) is 11.6 Å². The van der Waals surface area contributed by atoms with E-state index in [0.717, 1.165) is 11.3 Å². The van der Waals surface area contributed by atoms with Crippen molar-refractivity contribution in [2.24, 2.45) is 5.10 Å². The Hall–Kier alpha value is -2.05. The van der Waals surface area contributed by atoms with E-state index in [9.17, 15) is 10.2 Å². The van der Waals surface area contributed by atoms with Crippen LogP contribution in [0.25, 0.3) is 0 Å². The highest BCUT2D eigenvalue weighted by atomic mass is 16.3. The van der Waals surface area contributed by atoms with E-state index >= 15 is 0 Å². The maximum atomic E-state index is 9.71. The molecule has 0 unspecified atom stereocenters. The van der Waals surface area contributed by atoms with Crippen LogP contribution in [0.3, 0.4) is 0 Å². The van der Waals surface area contributed by atoms with Gasteiger partial charge in [0, 0.05) is 0 Å². The first kappa shape index (κ1) is 14.4. The molecule has 0 saturated carbocycles. The molecule has 0 amide bonds. The van der Waals surface area contributed by atoms with E-state index < -0.39 is 12.2 Å². The number of nitrogens with zero attached hydrogens (tertiary/aromatic N) is 4. The standard InChI is InChI=1S/C14H18N4O2/c1-9(12-7-5-4-6-8-12)17-18-13(10(2)19)15-16-14(18)11(3)20/h4-8,10-11,19-20H,1-3H3/b17-9+/t10-,11+. The molecule has 2 aromatic rings. The molecule has 2 atom stereocenters. The van der Waals surface area contributed by atoms with Crippen molar-refractivity contribution in [2.75, 3.05) is 0 Å². The molecule has 0 aliphatic carbocycles. The normalized spacial score (nSPS) is 15.2. The lowest BCUT2D eigenvalue weighted by Crippen LogP contribution is -2.10. The minimum absolute atomic E-state index is 0.302. The third-order valence-corrected chi connectivity index (χ3v) is 2.88. The zero-order valence-corrected chi connectivity index (χ0v) is 11.7. The summed E-state index contributed by atoms with van der Waals surface area (Å²) in [7, 11) is 0. The van der Waals surface area contributed by atoms with Gasteiger partial charge in [0.25, 0.3) is 0 Å². The van der Waals surface area contributed by atoms with E-state index in [1.807, 2.05) is 37.3 Å². The van der Waals surface area contributed by atoms with Crippen molar-refractivity contribution in [2.45, 2.75) is 33.0 Å². The van der Waals surface area contributed by atoms with Crippen LogP contribution in [-0.4, -0.2) is 30.8 Å². The molecule has 2 rings (SSSR count). The summed E-state index contributed by atoms with van der Waals surface area (Å²) in [5.41, 5.74) is 1.70. The van der Waals surface area contributed by atoms with E-state index in [-0.39, 0.29) is 0 Å². The number of aliphatic hydroxyl groups excluding tert-OH is 2. The number of hydrogen-bond donors (Lipinski definition) is 2. The monoisotopic (exact) mass is 274 g/mol. The number of aromatic nitrogens is 3. The van der Waals surface area contributed by atoms with Crippen LogP contribution in [0.4, 0.5) is 0 Å². The molecule has 0 aliphatic heterocycles. The molecule has 0 fully saturated rings. The Morgan fingerprint density at radius 3 is 2.00 bits per heavy atom. The molecule has 1 aromatic carbocycles. The Bertz CT molecular complexity index is 577. The first-order chi connectivity index (χ1) is 9.50. The molecular weight excluding hydrogens is 256 g/mol. The largest absolute Gasteiger partial charge is 0.385 e. The molecule has 0 aliphatic rings. The average Bonchev–Trinajstić information content (AvgIpc) is 2.83. The Morgan fingerprint density at radius 2 is 1.55 bits per heavy atom. The molecule has 0 bridgehead atoms. The van der Waals surface area contributed by atoms with Gasteiger partial charge in [-0.05, 0) is 26.3 Å². The molecule has 1 heterocycles. The second-order valence-electron chi connectivity index (χ2n) is 4.63. The van der Waals surface area contributed by atoms with Crippen molar-refractivity contribution in [3.63, 3.8) is 0 Å². The van der Waals surface area contributed by atoms with Crippen molar-refractivity contribution < 1.29 is 10.2 Å². The lowest BCUT2D eigenvalue weighted by molar-refractivity contribution is 0.174. The van der Waals surface area contributed by atoms with E-state index in [1.165, 1.54) is 4.68 Å². The first-order valence-electron chi connectivity index (χ1n) is 6.43. The van der Waals surface area contributed by atoms with Crippen molar-refractivity contribution in [3.8, 4) is 0 Å². The van der Waals surface area contributed by atoms with Crippen LogP contribution >= 0.6 is 0 Å². The molecule has 6 nitrogen and oxygen atoms in total. The fourth-order valence-corrected chi connectivity index (χ4v) is 1.82. The quantitative estimate of drug-likeness (QED) is 0.830. The van der Waals surface area contributed by atoms with E-state index in [4.69, 9.17) is 0 Å². The van der Waals surface area contributed by atoms with Crippen molar-refractivity contribution in [1.82, 2.24) is 14.9 Å². The fourth-order valence-electron chi connectivity index (χ4n) is 1.82. The highest BCUT2D eigenvalue weighted by Gasteiger charge is 2.19. The van der Waals surface area contributed by atoms with Gasteiger partial charge >= 0.3 is 0 Å². The number of benzene rings is 1. The highest BCUT2D eigenvalue weighted by molar-refractivity contribution is 5.98. The predicted molar refractivity (Wildman–Crippen MR) is 75.3 cm³/mol. The molecule has 0 spiro atoms. The maximum Gasteiger partial charge on any atom is 0.182 e. The lowest BCUT2D eigenvalue weighted by atomic mass is 10.1. The van der Waals surface area contributed by atoms with Crippen LogP contribution in [-0.2, 0) is 0 Å². The summed E-state index contributed by atoms with van der Waals surface area (Å²) >= 11 is 0. The minimum Gasteiger partial charge on any atom is -0.385 e. The summed E-state index contributed by atoms with van der Waals surface area (Å²) in [6.07, 6.45) is -1.63. The zero-order chi connectivity index (χ0) is 14.7. The van der Waals surface area contributed by atoms with Gasteiger partial charge in [-0.2, -0.15) is 9.78 Å². The number of aliphatic hydroxyl groups is 2. The Balaban J connectivity index is 2.49. The molecule has 6 heteroatoms. The Labute approximate surface area is 117 Å². The summed E-state index contributed by atoms with van der Waals surface area (Å²) in [4.78, 5) is 0. The molecular formula is C14H18N4O2. The average molecular weight is 274 g/mol. The number of hydrogen-bond acceptors (Lipinski definition) is 5. The minimum atomic E-state index is -0.817. The summed E-state index contributed by atoms with van der Waals surface area (Å²) in [5.74, 6) is 0.604. The van der Waals surface area contributed by atoms with Gasteiger partial charge in [-0.25, -0.2) is 0 Å². The Kier molecular flexibility index (Phi) is 4.26. The summed E-state index contributed by atoms with van der Waals surface area (Å²) in [5, 5.41) is 31.6.